The standard InChI is InChI=1S/C11H14N2O/c1-7-4-11(14-13-7)9-3-2-8-5-10(9)12-6-8/h3-4,8,10,12H,2,5-6H2,1H3. The first-order valence-corrected chi connectivity index (χ1v) is 5.20. The molecule has 0 aromatic carbocycles. The van der Waals surface area contributed by atoms with E-state index >= 15 is 0 Å². The fourth-order valence-corrected chi connectivity index (χ4v) is 2.43. The van der Waals surface area contributed by atoms with Crippen LogP contribution in [0, 0.1) is 12.8 Å². The van der Waals surface area contributed by atoms with E-state index in [-0.39, 0.29) is 0 Å². The molecule has 2 atom stereocenters. The molecule has 0 spiro atoms. The predicted molar refractivity (Wildman–Crippen MR) is 53.7 cm³/mol. The van der Waals surface area contributed by atoms with Gasteiger partial charge in [0.1, 0.15) is 0 Å². The normalized spacial score (nSPS) is 30.5. The zero-order valence-electron chi connectivity index (χ0n) is 8.29. The molecule has 2 aliphatic rings. The van der Waals surface area contributed by atoms with Gasteiger partial charge >= 0.3 is 0 Å². The first-order chi connectivity index (χ1) is 6.83. The van der Waals surface area contributed by atoms with Gasteiger partial charge in [-0.05, 0) is 32.2 Å². The first-order valence-electron chi connectivity index (χ1n) is 5.20. The van der Waals surface area contributed by atoms with Crippen molar-refractivity contribution < 1.29 is 4.52 Å². The number of allylic oxidation sites excluding steroid dienone is 1. The molecule has 3 heteroatoms. The Morgan fingerprint density at radius 1 is 1.57 bits per heavy atom. The van der Waals surface area contributed by atoms with Gasteiger partial charge in [-0.25, -0.2) is 0 Å². The van der Waals surface area contributed by atoms with Crippen LogP contribution >= 0.6 is 0 Å². The molecule has 0 radical (unpaired) electrons. The molecule has 0 amide bonds. The van der Waals surface area contributed by atoms with E-state index in [0.29, 0.717) is 6.04 Å². The summed E-state index contributed by atoms with van der Waals surface area (Å²) in [7, 11) is 0. The average molecular weight is 190 g/mol. The van der Waals surface area contributed by atoms with Gasteiger partial charge in [0.2, 0.25) is 0 Å². The Balaban J connectivity index is 1.95. The van der Waals surface area contributed by atoms with Crippen LogP contribution < -0.4 is 5.32 Å². The van der Waals surface area contributed by atoms with Gasteiger partial charge in [-0.2, -0.15) is 0 Å². The zero-order valence-corrected chi connectivity index (χ0v) is 8.29. The highest BCUT2D eigenvalue weighted by Gasteiger charge is 2.32. The second kappa shape index (κ2) is 2.95. The Morgan fingerprint density at radius 3 is 3.29 bits per heavy atom. The predicted octanol–water partition coefficient (Wildman–Crippen LogP) is 1.75. The lowest BCUT2D eigenvalue weighted by molar-refractivity contribution is 0.401. The number of aromatic nitrogens is 1. The van der Waals surface area contributed by atoms with Gasteiger partial charge in [-0.15, -0.1) is 0 Å². The maximum atomic E-state index is 5.30. The molecule has 1 fully saturated rings. The lowest BCUT2D eigenvalue weighted by Gasteiger charge is -2.17. The van der Waals surface area contributed by atoms with Crippen molar-refractivity contribution in [2.24, 2.45) is 5.92 Å². The van der Waals surface area contributed by atoms with E-state index in [4.69, 9.17) is 4.52 Å². The monoisotopic (exact) mass is 190 g/mol. The molecule has 74 valence electrons. The maximum Gasteiger partial charge on any atom is 0.164 e. The first kappa shape index (κ1) is 8.24. The van der Waals surface area contributed by atoms with E-state index in [1.165, 1.54) is 18.4 Å². The molecular weight excluding hydrogens is 176 g/mol. The molecule has 2 bridgehead atoms. The van der Waals surface area contributed by atoms with E-state index < -0.39 is 0 Å². The number of nitrogens with one attached hydrogen (secondary N) is 1. The van der Waals surface area contributed by atoms with Crippen molar-refractivity contribution in [1.29, 1.82) is 0 Å². The summed E-state index contributed by atoms with van der Waals surface area (Å²) in [4.78, 5) is 0. The van der Waals surface area contributed by atoms with Gasteiger partial charge < -0.3 is 9.84 Å². The maximum absolute atomic E-state index is 5.30. The number of aryl methyl sites for hydroxylation is 1. The largest absolute Gasteiger partial charge is 0.356 e. The minimum atomic E-state index is 0.501. The summed E-state index contributed by atoms with van der Waals surface area (Å²) in [5.74, 6) is 1.79. The van der Waals surface area contributed by atoms with Crippen molar-refractivity contribution in [3.8, 4) is 0 Å². The lowest BCUT2D eigenvalue weighted by atomic mass is 9.89. The van der Waals surface area contributed by atoms with Crippen molar-refractivity contribution in [2.75, 3.05) is 6.54 Å². The molecular formula is C11H14N2O. The number of nitrogens with zero attached hydrogens (tertiary/aromatic N) is 1. The second-order valence-electron chi connectivity index (χ2n) is 4.29. The van der Waals surface area contributed by atoms with Crippen LogP contribution in [0.25, 0.3) is 5.57 Å². The molecule has 1 aliphatic carbocycles. The van der Waals surface area contributed by atoms with Crippen molar-refractivity contribution in [1.82, 2.24) is 10.5 Å². The Hall–Kier alpha value is -1.09. The molecule has 1 N–H and O–H groups in total. The Morgan fingerprint density at radius 2 is 2.50 bits per heavy atom. The van der Waals surface area contributed by atoms with E-state index in [2.05, 4.69) is 16.5 Å². The van der Waals surface area contributed by atoms with E-state index in [1.54, 1.807) is 0 Å². The highest BCUT2D eigenvalue weighted by molar-refractivity contribution is 5.67. The number of hydrogen-bond donors (Lipinski definition) is 1. The van der Waals surface area contributed by atoms with Gasteiger partial charge in [0.05, 0.1) is 5.69 Å². The molecule has 1 aliphatic heterocycles. The van der Waals surface area contributed by atoms with Crippen molar-refractivity contribution in [3.63, 3.8) is 0 Å². The lowest BCUT2D eigenvalue weighted by Crippen LogP contribution is -2.22. The van der Waals surface area contributed by atoms with Crippen LogP contribution in [0.15, 0.2) is 16.7 Å². The van der Waals surface area contributed by atoms with Crippen molar-refractivity contribution in [3.05, 3.63) is 23.6 Å². The topological polar surface area (TPSA) is 38.1 Å². The fourth-order valence-electron chi connectivity index (χ4n) is 2.43. The number of hydrogen-bond acceptors (Lipinski definition) is 3. The molecule has 2 heterocycles. The summed E-state index contributed by atoms with van der Waals surface area (Å²) in [6.07, 6.45) is 4.74. The molecule has 0 saturated carbocycles. The summed E-state index contributed by atoms with van der Waals surface area (Å²) in [5, 5.41) is 7.45. The summed E-state index contributed by atoms with van der Waals surface area (Å²) in [5.41, 5.74) is 2.26. The van der Waals surface area contributed by atoms with Gasteiger partial charge in [0.15, 0.2) is 5.76 Å². The summed E-state index contributed by atoms with van der Waals surface area (Å²) >= 11 is 0. The van der Waals surface area contributed by atoms with Gasteiger partial charge in [-0.1, -0.05) is 11.2 Å². The Bertz CT molecular complexity index is 380. The molecule has 1 aromatic heterocycles. The van der Waals surface area contributed by atoms with E-state index in [1.807, 2.05) is 13.0 Å². The Kier molecular flexibility index (Phi) is 1.74. The third-order valence-corrected chi connectivity index (χ3v) is 3.18. The fraction of sp³-hybridized carbons (Fsp3) is 0.545. The van der Waals surface area contributed by atoms with Crippen LogP contribution in [0.1, 0.15) is 24.3 Å². The highest BCUT2D eigenvalue weighted by atomic mass is 16.5. The van der Waals surface area contributed by atoms with Crippen LogP contribution in [0.4, 0.5) is 0 Å². The van der Waals surface area contributed by atoms with Crippen molar-refractivity contribution in [2.45, 2.75) is 25.8 Å². The molecule has 2 unspecified atom stereocenters. The van der Waals surface area contributed by atoms with Gasteiger partial charge in [0, 0.05) is 17.7 Å². The summed E-state index contributed by atoms with van der Waals surface area (Å²) < 4.78 is 5.30. The third kappa shape index (κ3) is 1.20. The van der Waals surface area contributed by atoms with Gasteiger partial charge in [-0.3, -0.25) is 0 Å². The highest BCUT2D eigenvalue weighted by Crippen LogP contribution is 2.34. The van der Waals surface area contributed by atoms with Crippen LogP contribution in [0.2, 0.25) is 0 Å². The summed E-state index contributed by atoms with van der Waals surface area (Å²) in [6, 6.07) is 2.52. The Labute approximate surface area is 83.2 Å². The quantitative estimate of drug-likeness (QED) is 0.733. The van der Waals surface area contributed by atoms with E-state index in [9.17, 15) is 0 Å². The van der Waals surface area contributed by atoms with Gasteiger partial charge in [0.25, 0.3) is 0 Å². The van der Waals surface area contributed by atoms with Crippen LogP contribution in [-0.2, 0) is 0 Å². The number of fused-ring (bicyclic) bond motifs is 2. The molecule has 3 nitrogen and oxygen atoms in total. The van der Waals surface area contributed by atoms with Crippen LogP contribution in [0.5, 0.6) is 0 Å². The molecule has 3 rings (SSSR count). The minimum absolute atomic E-state index is 0.501. The third-order valence-electron chi connectivity index (χ3n) is 3.18. The van der Waals surface area contributed by atoms with Crippen molar-refractivity contribution >= 4 is 5.57 Å². The average Bonchev–Trinajstić information content (AvgIpc) is 2.75. The molecule has 14 heavy (non-hydrogen) atoms. The minimum Gasteiger partial charge on any atom is -0.356 e. The molecule has 1 saturated heterocycles. The SMILES string of the molecule is Cc1cc(C2=CCC3CNC2C3)on1. The van der Waals surface area contributed by atoms with Crippen LogP contribution in [-0.4, -0.2) is 17.7 Å². The zero-order chi connectivity index (χ0) is 9.54. The number of rotatable bonds is 1. The second-order valence-corrected chi connectivity index (χ2v) is 4.29. The van der Waals surface area contributed by atoms with Crippen LogP contribution in [0.3, 0.4) is 0 Å². The molecule has 1 aromatic rings. The van der Waals surface area contributed by atoms with E-state index in [0.717, 1.165) is 23.9 Å². The summed E-state index contributed by atoms with van der Waals surface area (Å²) in [6.45, 7) is 3.11. The smallest absolute Gasteiger partial charge is 0.164 e.